The van der Waals surface area contributed by atoms with Crippen molar-refractivity contribution in [3.63, 3.8) is 0 Å². The Kier molecular flexibility index (Phi) is 6.16. The van der Waals surface area contributed by atoms with E-state index in [-0.39, 0.29) is 24.4 Å². The molecule has 6 heteroatoms. The summed E-state index contributed by atoms with van der Waals surface area (Å²) in [6.07, 6.45) is -0.327. The number of nitrogen functional groups attached to an aromatic ring is 1. The third kappa shape index (κ3) is 4.46. The Morgan fingerprint density at radius 1 is 1.09 bits per heavy atom. The molecule has 0 aromatic heterocycles. The van der Waals surface area contributed by atoms with E-state index in [2.05, 4.69) is 4.90 Å². The lowest BCUT2D eigenvalue weighted by Gasteiger charge is -2.37. The van der Waals surface area contributed by atoms with Gasteiger partial charge in [-0.3, -0.25) is 9.29 Å². The number of nitrogens with two attached hydrogens (primary N) is 1. The lowest BCUT2D eigenvalue weighted by atomic mass is 9.86. The van der Waals surface area contributed by atoms with Crippen molar-refractivity contribution in [1.82, 2.24) is 4.90 Å². The Morgan fingerprint density at radius 2 is 1.88 bits per heavy atom. The van der Waals surface area contributed by atoms with Crippen LogP contribution in [0.3, 0.4) is 0 Å². The number of anilines is 1. The zero-order valence-electron chi connectivity index (χ0n) is 19.2. The summed E-state index contributed by atoms with van der Waals surface area (Å²) < 4.78 is 24.9. The minimum absolute atomic E-state index is 0.189. The van der Waals surface area contributed by atoms with Gasteiger partial charge in [0.1, 0.15) is 30.0 Å². The van der Waals surface area contributed by atoms with Crippen molar-refractivity contribution >= 4 is 16.8 Å². The van der Waals surface area contributed by atoms with Crippen LogP contribution in [0.25, 0.3) is 11.1 Å². The molecule has 3 aromatic carbocycles. The molecule has 2 heterocycles. The van der Waals surface area contributed by atoms with Gasteiger partial charge < -0.3 is 20.3 Å². The largest absolute Gasteiger partial charge is 0.508 e. The molecule has 0 radical (unpaired) electrons. The first kappa shape index (κ1) is 22.3. The maximum absolute atomic E-state index is 12.6. The third-order valence-corrected chi connectivity index (χ3v) is 6.59. The van der Waals surface area contributed by atoms with E-state index in [1.54, 1.807) is 18.2 Å². The number of phenols is 1. The van der Waals surface area contributed by atoms with Crippen LogP contribution in [0.5, 0.6) is 17.2 Å². The minimum Gasteiger partial charge on any atom is -0.508 e. The van der Waals surface area contributed by atoms with Gasteiger partial charge in [-0.25, -0.2) is 0 Å². The number of alkyl halides is 1. The Morgan fingerprint density at radius 3 is 2.62 bits per heavy atom. The normalized spacial score (nSPS) is 18.2. The number of hydrogen-bond acceptors (Lipinski definition) is 5. The molecule has 2 aliphatic rings. The molecule has 0 spiro atoms. The molecular formula is C28H29FN2O3. The van der Waals surface area contributed by atoms with Crippen molar-refractivity contribution in [3.8, 4) is 17.2 Å². The third-order valence-electron chi connectivity index (χ3n) is 6.59. The van der Waals surface area contributed by atoms with Crippen LogP contribution in [0.1, 0.15) is 29.7 Å². The maximum atomic E-state index is 12.6. The van der Waals surface area contributed by atoms with Crippen LogP contribution in [0, 0.1) is 5.92 Å². The summed E-state index contributed by atoms with van der Waals surface area (Å²) >= 11 is 0. The second-order valence-corrected chi connectivity index (χ2v) is 9.04. The van der Waals surface area contributed by atoms with Gasteiger partial charge in [-0.05, 0) is 66.1 Å². The van der Waals surface area contributed by atoms with E-state index in [4.69, 9.17) is 15.2 Å². The SMILES string of the molecule is CC1=C(c2cccc(N)c2)C(c2ccc(OCCN3CC(CF)C3)cc2)Oc2ccc(O)cc21. The maximum Gasteiger partial charge on any atom is 0.150 e. The van der Waals surface area contributed by atoms with Gasteiger partial charge >= 0.3 is 0 Å². The molecule has 5 nitrogen and oxygen atoms in total. The van der Waals surface area contributed by atoms with Crippen LogP contribution < -0.4 is 15.2 Å². The number of likely N-dealkylation sites (tertiary alicyclic amines) is 1. The number of fused-ring (bicyclic) bond motifs is 1. The van der Waals surface area contributed by atoms with Crippen LogP contribution in [0.15, 0.2) is 66.7 Å². The fourth-order valence-electron chi connectivity index (χ4n) is 4.74. The van der Waals surface area contributed by atoms with Crippen LogP contribution >= 0.6 is 0 Å². The first-order valence-corrected chi connectivity index (χ1v) is 11.6. The average Bonchev–Trinajstić information content (AvgIpc) is 2.81. The molecule has 5 rings (SSSR count). The molecule has 1 unspecified atom stereocenters. The van der Waals surface area contributed by atoms with Gasteiger partial charge in [-0.2, -0.15) is 0 Å². The van der Waals surface area contributed by atoms with E-state index in [9.17, 15) is 9.50 Å². The second kappa shape index (κ2) is 9.39. The molecule has 3 aromatic rings. The van der Waals surface area contributed by atoms with Gasteiger partial charge in [0.15, 0.2) is 0 Å². The summed E-state index contributed by atoms with van der Waals surface area (Å²) in [6, 6.07) is 20.9. The lowest BCUT2D eigenvalue weighted by molar-refractivity contribution is 0.0668. The zero-order valence-corrected chi connectivity index (χ0v) is 19.2. The average molecular weight is 461 g/mol. The van der Waals surface area contributed by atoms with Gasteiger partial charge in [0.25, 0.3) is 0 Å². The molecule has 0 amide bonds. The number of hydrogen-bond donors (Lipinski definition) is 2. The van der Waals surface area contributed by atoms with Crippen LogP contribution in [0.4, 0.5) is 10.1 Å². The van der Waals surface area contributed by atoms with Crippen molar-refractivity contribution in [2.45, 2.75) is 13.0 Å². The number of halogens is 1. The highest BCUT2D eigenvalue weighted by Crippen LogP contribution is 2.47. The molecule has 0 saturated carbocycles. The smallest absolute Gasteiger partial charge is 0.150 e. The van der Waals surface area contributed by atoms with E-state index in [1.165, 1.54) is 0 Å². The van der Waals surface area contributed by atoms with Crippen molar-refractivity contribution in [2.24, 2.45) is 5.92 Å². The molecule has 1 fully saturated rings. The van der Waals surface area contributed by atoms with Crippen LogP contribution in [-0.4, -0.2) is 42.9 Å². The highest BCUT2D eigenvalue weighted by atomic mass is 19.1. The topological polar surface area (TPSA) is 68.0 Å². The molecule has 0 aliphatic carbocycles. The number of nitrogens with zero attached hydrogens (tertiary/aromatic N) is 1. The summed E-state index contributed by atoms with van der Waals surface area (Å²) in [7, 11) is 0. The number of phenolic OH excluding ortho intramolecular Hbond substituents is 1. The summed E-state index contributed by atoms with van der Waals surface area (Å²) in [4.78, 5) is 2.20. The molecule has 34 heavy (non-hydrogen) atoms. The van der Waals surface area contributed by atoms with E-state index in [0.717, 1.165) is 59.0 Å². The first-order valence-electron chi connectivity index (χ1n) is 11.6. The van der Waals surface area contributed by atoms with Gasteiger partial charge in [0, 0.05) is 42.4 Å². The monoisotopic (exact) mass is 460 g/mol. The van der Waals surface area contributed by atoms with Crippen LogP contribution in [0.2, 0.25) is 0 Å². The van der Waals surface area contributed by atoms with Crippen molar-refractivity contribution in [1.29, 1.82) is 0 Å². The zero-order chi connectivity index (χ0) is 23.7. The molecule has 0 bridgehead atoms. The van der Waals surface area contributed by atoms with Crippen molar-refractivity contribution < 1.29 is 19.0 Å². The van der Waals surface area contributed by atoms with Crippen molar-refractivity contribution in [3.05, 3.63) is 83.4 Å². The Bertz CT molecular complexity index is 1200. The summed E-state index contributed by atoms with van der Waals surface area (Å²) in [5.41, 5.74) is 11.7. The number of ether oxygens (including phenoxy) is 2. The Hall–Kier alpha value is -3.51. The molecule has 3 N–H and O–H groups in total. The quantitative estimate of drug-likeness (QED) is 0.467. The molecular weight excluding hydrogens is 431 g/mol. The van der Waals surface area contributed by atoms with Crippen LogP contribution in [-0.2, 0) is 0 Å². The second-order valence-electron chi connectivity index (χ2n) is 9.04. The van der Waals surface area contributed by atoms with Gasteiger partial charge in [0.05, 0.1) is 6.67 Å². The van der Waals surface area contributed by atoms with E-state index in [1.807, 2.05) is 55.5 Å². The molecule has 2 aliphatic heterocycles. The number of aromatic hydroxyl groups is 1. The fourth-order valence-corrected chi connectivity index (χ4v) is 4.74. The Labute approximate surface area is 199 Å². The number of allylic oxidation sites excluding steroid dienone is 1. The predicted molar refractivity (Wildman–Crippen MR) is 133 cm³/mol. The first-order chi connectivity index (χ1) is 16.5. The van der Waals surface area contributed by atoms with E-state index < -0.39 is 0 Å². The molecule has 176 valence electrons. The van der Waals surface area contributed by atoms with Gasteiger partial charge in [0.2, 0.25) is 0 Å². The standard InChI is InChI=1S/C28H29FN2O3/c1-18-25-14-23(32)7-10-26(25)34-28(27(18)21-3-2-4-22(30)13-21)20-5-8-24(9-6-20)33-12-11-31-16-19(15-29)17-31/h2-10,13-14,19,28,32H,11-12,15-17,30H2,1H3. The Balaban J connectivity index is 1.38. The predicted octanol–water partition coefficient (Wildman–Crippen LogP) is 5.32. The van der Waals surface area contributed by atoms with E-state index >= 15 is 0 Å². The highest BCUT2D eigenvalue weighted by Gasteiger charge is 2.30. The highest BCUT2D eigenvalue weighted by molar-refractivity contribution is 5.96. The van der Waals surface area contributed by atoms with Gasteiger partial charge in [-0.1, -0.05) is 24.3 Å². The summed E-state index contributed by atoms with van der Waals surface area (Å²) in [5, 5.41) is 10.0. The van der Waals surface area contributed by atoms with E-state index in [0.29, 0.717) is 12.3 Å². The molecule has 1 saturated heterocycles. The van der Waals surface area contributed by atoms with Crippen molar-refractivity contribution in [2.75, 3.05) is 38.6 Å². The lowest BCUT2D eigenvalue weighted by Crippen LogP contribution is -2.49. The number of rotatable bonds is 7. The molecule has 1 atom stereocenters. The fraction of sp³-hybridized carbons (Fsp3) is 0.286. The summed E-state index contributed by atoms with van der Waals surface area (Å²) in [5.74, 6) is 1.91. The number of benzene rings is 3. The summed E-state index contributed by atoms with van der Waals surface area (Å²) in [6.45, 7) is 4.81. The minimum atomic E-state index is -0.327. The van der Waals surface area contributed by atoms with Gasteiger partial charge in [-0.15, -0.1) is 0 Å².